The van der Waals surface area contributed by atoms with Crippen LogP contribution in [0.15, 0.2) is 48.5 Å². The number of Topliss-reactive ketones (excluding diaryl/α,β-unsaturated/α-hetero) is 1. The predicted octanol–water partition coefficient (Wildman–Crippen LogP) is -1.12. The van der Waals surface area contributed by atoms with Crippen molar-refractivity contribution in [2.24, 2.45) is 11.8 Å². The largest absolute Gasteiger partial charge is 1.00 e. The first-order valence-corrected chi connectivity index (χ1v) is 12.4. The van der Waals surface area contributed by atoms with Crippen LogP contribution in [0.5, 0.6) is 5.75 Å². The zero-order valence-corrected chi connectivity index (χ0v) is 30.1. The second-order valence-corrected chi connectivity index (χ2v) is 8.61. The van der Waals surface area contributed by atoms with Gasteiger partial charge in [-0.25, -0.2) is 0 Å². The molecule has 0 aromatic heterocycles. The van der Waals surface area contributed by atoms with Gasteiger partial charge in [-0.15, -0.1) is 0 Å². The number of benzene rings is 2. The number of hydrogen-bond donors (Lipinski definition) is 2. The summed E-state index contributed by atoms with van der Waals surface area (Å²) in [5, 5.41) is 22.5. The smallest absolute Gasteiger partial charge is 1.00 e. The van der Waals surface area contributed by atoms with Crippen molar-refractivity contribution in [3.63, 3.8) is 0 Å². The van der Waals surface area contributed by atoms with E-state index in [1.165, 1.54) is 49.7 Å². The van der Waals surface area contributed by atoms with E-state index in [0.29, 0.717) is 5.56 Å². The molecule has 0 radical (unpaired) electrons. The van der Waals surface area contributed by atoms with Gasteiger partial charge in [0.2, 0.25) is 0 Å². The number of phenolic OH excluding ortho intramolecular Hbond substituents is 1. The number of hydrogen-bond acceptors (Lipinski definition) is 6. The Morgan fingerprint density at radius 1 is 1.03 bits per heavy atom. The van der Waals surface area contributed by atoms with Crippen LogP contribution in [-0.2, 0) is 20.3 Å². The quantitative estimate of drug-likeness (QED) is 0.109. The molecule has 6 nitrogen and oxygen atoms in total. The number of aromatic hydroxyl groups is 1. The zero-order chi connectivity index (χ0) is 24.4. The molecule has 2 atom stereocenters. The molecular weight excluding hydrogens is 620 g/mol. The normalized spacial score (nSPS) is 15.6. The van der Waals surface area contributed by atoms with Gasteiger partial charge in [-0.05, 0) is 73.7 Å². The fourth-order valence-electron chi connectivity index (χ4n) is 2.84. The molecule has 3 rings (SSSR count). The maximum atomic E-state index is 10.7. The fraction of sp³-hybridized carbons (Fsp3) is 0.417. The summed E-state index contributed by atoms with van der Waals surface area (Å²) in [6.07, 6.45) is 1.41. The Bertz CT molecular complexity index is 741. The molecule has 2 aromatic rings. The molecule has 2 N–H and O–H groups in total. The van der Waals surface area contributed by atoms with Crippen molar-refractivity contribution in [1.82, 2.24) is 5.32 Å². The van der Waals surface area contributed by atoms with Crippen LogP contribution in [0, 0.1) is 11.8 Å². The van der Waals surface area contributed by atoms with Crippen molar-refractivity contribution in [3.8, 4) is 5.75 Å². The molecule has 34 heavy (non-hydrogen) atoms. The van der Waals surface area contributed by atoms with E-state index in [-0.39, 0.29) is 122 Å². The Labute approximate surface area is 306 Å². The summed E-state index contributed by atoms with van der Waals surface area (Å²) >= 11 is 6.78. The van der Waals surface area contributed by atoms with Crippen molar-refractivity contribution in [2.45, 2.75) is 37.9 Å². The first-order chi connectivity index (χ1) is 15.3. The molecule has 0 amide bonds. The third kappa shape index (κ3) is 21.6. The molecule has 1 aliphatic rings. The fourth-order valence-corrected chi connectivity index (χ4v) is 3.59. The molecule has 0 spiro atoms. The number of nitrogens with one attached hydrogen (secondary N) is 1. The number of rotatable bonds is 4. The number of carbonyl (C=O) groups excluding carboxylic acids is 2. The van der Waals surface area contributed by atoms with Crippen LogP contribution in [0.2, 0.25) is 0 Å². The summed E-state index contributed by atoms with van der Waals surface area (Å²) in [6, 6.07) is 14.7. The van der Waals surface area contributed by atoms with Crippen LogP contribution in [0.1, 0.15) is 50.1 Å². The summed E-state index contributed by atoms with van der Waals surface area (Å²) in [6.45, 7) is 8.38. The van der Waals surface area contributed by atoms with Gasteiger partial charge in [0.15, 0.2) is 5.78 Å². The number of carbonyl (C=O) groups is 2. The van der Waals surface area contributed by atoms with Gasteiger partial charge in [0, 0.05) is 16.2 Å². The number of halogens is 2. The van der Waals surface area contributed by atoms with Gasteiger partial charge in [0.05, 0.1) is 0 Å². The first-order valence-electron chi connectivity index (χ1n) is 10.2. The van der Waals surface area contributed by atoms with Crippen molar-refractivity contribution in [1.29, 1.82) is 0 Å². The van der Waals surface area contributed by atoms with Gasteiger partial charge in [-0.3, -0.25) is 9.59 Å². The molecule has 2 aromatic carbocycles. The van der Waals surface area contributed by atoms with Crippen LogP contribution < -0.4 is 113 Å². The minimum Gasteiger partial charge on any atom is -1.00 e. The number of phenols is 1. The van der Waals surface area contributed by atoms with Crippen LogP contribution in [0.4, 0.5) is 0 Å². The van der Waals surface area contributed by atoms with Crippen LogP contribution in [0.3, 0.4) is 0 Å². The second-order valence-electron chi connectivity index (χ2n) is 7.48. The van der Waals surface area contributed by atoms with Gasteiger partial charge >= 0.3 is 103 Å². The summed E-state index contributed by atoms with van der Waals surface area (Å²) in [7, 11) is 0. The Balaban J connectivity index is -0.000000185. The third-order valence-electron chi connectivity index (χ3n) is 4.44. The van der Waals surface area contributed by atoms with E-state index in [1.54, 1.807) is 12.1 Å². The van der Waals surface area contributed by atoms with E-state index in [4.69, 9.17) is 15.2 Å². The Morgan fingerprint density at radius 3 is 1.65 bits per heavy atom. The van der Waals surface area contributed by atoms with E-state index in [9.17, 15) is 4.79 Å². The summed E-state index contributed by atoms with van der Waals surface area (Å²) in [5.74, 6) is 2.00. The molecule has 1 aliphatic heterocycles. The first kappa shape index (κ1) is 40.0. The minimum atomic E-state index is -0.181. The minimum absolute atomic E-state index is 0. The molecule has 0 aliphatic carbocycles. The van der Waals surface area contributed by atoms with Crippen molar-refractivity contribution in [3.05, 3.63) is 65.2 Å². The second kappa shape index (κ2) is 26.2. The molecule has 180 valence electrons. The summed E-state index contributed by atoms with van der Waals surface area (Å²) < 4.78 is 0. The van der Waals surface area contributed by atoms with E-state index >= 15 is 0 Å². The molecule has 1 fully saturated rings. The van der Waals surface area contributed by atoms with Gasteiger partial charge in [-0.2, -0.15) is 0 Å². The third-order valence-corrected chi connectivity index (χ3v) is 5.73. The zero-order valence-electron chi connectivity index (χ0n) is 21.7. The van der Waals surface area contributed by atoms with E-state index in [0.717, 1.165) is 22.5 Å². The average Bonchev–Trinajstić information content (AvgIpc) is 2.80. The number of alkyl halides is 2. The molecule has 2 unspecified atom stereocenters. The number of ketones is 1. The van der Waals surface area contributed by atoms with Gasteiger partial charge in [0.1, 0.15) is 5.75 Å². The monoisotopic (exact) mass is 651 g/mol. The molecule has 1 heterocycles. The maximum absolute atomic E-state index is 10.7. The Morgan fingerprint density at radius 2 is 1.41 bits per heavy atom. The maximum Gasteiger partial charge on any atom is 1.00 e. The molecule has 0 saturated carbocycles. The van der Waals surface area contributed by atoms with E-state index < -0.39 is 0 Å². The number of piperidine rings is 1. The van der Waals surface area contributed by atoms with Gasteiger partial charge in [-0.1, -0.05) is 70.0 Å². The summed E-state index contributed by atoms with van der Waals surface area (Å²) in [5.41, 5.74) is 3.27. The van der Waals surface area contributed by atoms with Crippen LogP contribution in [0.25, 0.3) is 0 Å². The molecular formula is C24H33Br2K2NO5. The Hall–Kier alpha value is 1.53. The van der Waals surface area contributed by atoms with Crippen molar-refractivity contribution >= 4 is 44.1 Å². The molecule has 10 heteroatoms. The predicted molar refractivity (Wildman–Crippen MR) is 134 cm³/mol. The standard InChI is InChI=1S/C8H8Br2.C8H8O2.C7H15N.CH2O3.2K.H/c9-5-7-1-2-8(6-10)4-3-7;1-6(9)7-2-4-8(10)5-3-7;1-6-3-7(2)5-8-4-6;2-1-4-3;;;/h1-4H,5-6H2;2-5,10H,1H3;6-8H,3-5H2,1-2H3;1,3H;;;/q;;;;2*+1;-1/p-1. The van der Waals surface area contributed by atoms with Crippen LogP contribution >= 0.6 is 31.9 Å². The molecule has 0 bridgehead atoms. The average molecular weight is 654 g/mol. The molecule has 1 saturated heterocycles. The Kier molecular flexibility index (Phi) is 30.8. The van der Waals surface area contributed by atoms with E-state index in [2.05, 4.69) is 80.2 Å². The SMILES string of the molecule is BrCc1ccc(CBr)cc1.CC(=O)c1ccc(O)cc1.CC1CNCC(C)C1.O=CO[O-].[H-].[K+].[K+]. The topological polar surface area (TPSA) is 98.7 Å². The summed E-state index contributed by atoms with van der Waals surface area (Å²) in [4.78, 5) is 21.9. The van der Waals surface area contributed by atoms with Gasteiger partial charge in [0.25, 0.3) is 6.47 Å². The van der Waals surface area contributed by atoms with Crippen LogP contribution in [-0.4, -0.2) is 30.5 Å². The van der Waals surface area contributed by atoms with Crippen molar-refractivity contribution in [2.75, 3.05) is 13.1 Å². The van der Waals surface area contributed by atoms with Gasteiger partial charge < -0.3 is 22.0 Å². The van der Waals surface area contributed by atoms with Crippen molar-refractivity contribution < 1.29 is 129 Å². The van der Waals surface area contributed by atoms with E-state index in [1.807, 2.05) is 0 Å².